The van der Waals surface area contributed by atoms with E-state index in [-0.39, 0.29) is 17.8 Å². The van der Waals surface area contributed by atoms with E-state index in [0.29, 0.717) is 11.7 Å². The zero-order valence-electron chi connectivity index (χ0n) is 11.9. The molecule has 0 radical (unpaired) electrons. The summed E-state index contributed by atoms with van der Waals surface area (Å²) in [6.07, 6.45) is 0.733. The minimum Gasteiger partial charge on any atom is -0.306 e. The number of rotatable bonds is 4. The lowest BCUT2D eigenvalue weighted by molar-refractivity contribution is 0.485. The van der Waals surface area contributed by atoms with Crippen LogP contribution in [-0.4, -0.2) is 26.0 Å². The molecule has 19 heavy (non-hydrogen) atoms. The van der Waals surface area contributed by atoms with Gasteiger partial charge in [-0.2, -0.15) is 0 Å². The average molecular weight is 281 g/mol. The molecule has 0 bridgehead atoms. The molecule has 1 aliphatic rings. The molecule has 2 atom stereocenters. The molecule has 0 aromatic heterocycles. The van der Waals surface area contributed by atoms with Crippen molar-refractivity contribution in [3.8, 4) is 0 Å². The van der Waals surface area contributed by atoms with E-state index in [0.717, 1.165) is 6.42 Å². The SMILES string of the molecule is CC(C)c1ccc(C(C)NC2CCS(=O)(=O)C2)cc1. The van der Waals surface area contributed by atoms with Crippen LogP contribution in [-0.2, 0) is 9.84 Å². The van der Waals surface area contributed by atoms with Gasteiger partial charge in [0.15, 0.2) is 9.84 Å². The van der Waals surface area contributed by atoms with Crippen LogP contribution in [0.25, 0.3) is 0 Å². The highest BCUT2D eigenvalue weighted by atomic mass is 32.2. The van der Waals surface area contributed by atoms with Gasteiger partial charge in [0.25, 0.3) is 0 Å². The molecule has 1 N–H and O–H groups in total. The molecule has 1 aromatic rings. The second kappa shape index (κ2) is 5.63. The summed E-state index contributed by atoms with van der Waals surface area (Å²) >= 11 is 0. The van der Waals surface area contributed by atoms with Crippen molar-refractivity contribution < 1.29 is 8.42 Å². The van der Waals surface area contributed by atoms with Crippen molar-refractivity contribution in [3.05, 3.63) is 35.4 Å². The molecule has 0 amide bonds. The maximum Gasteiger partial charge on any atom is 0.151 e. The smallest absolute Gasteiger partial charge is 0.151 e. The normalized spacial score (nSPS) is 23.7. The van der Waals surface area contributed by atoms with Crippen LogP contribution in [0, 0.1) is 0 Å². The zero-order chi connectivity index (χ0) is 14.0. The summed E-state index contributed by atoms with van der Waals surface area (Å²) in [6, 6.07) is 8.88. The van der Waals surface area contributed by atoms with Gasteiger partial charge in [-0.15, -0.1) is 0 Å². The van der Waals surface area contributed by atoms with Crippen molar-refractivity contribution in [3.63, 3.8) is 0 Å². The molecule has 1 saturated heterocycles. The average Bonchev–Trinajstić information content (AvgIpc) is 2.68. The third kappa shape index (κ3) is 3.80. The molecule has 2 rings (SSSR count). The lowest BCUT2D eigenvalue weighted by Crippen LogP contribution is -2.32. The van der Waals surface area contributed by atoms with Gasteiger partial charge < -0.3 is 5.32 Å². The largest absolute Gasteiger partial charge is 0.306 e. The summed E-state index contributed by atoms with van der Waals surface area (Å²) in [6.45, 7) is 6.45. The fourth-order valence-electron chi connectivity index (χ4n) is 2.55. The lowest BCUT2D eigenvalue weighted by atomic mass is 9.99. The molecule has 2 unspecified atom stereocenters. The summed E-state index contributed by atoms with van der Waals surface area (Å²) in [5.41, 5.74) is 2.55. The Kier molecular flexibility index (Phi) is 4.31. The molecule has 1 aliphatic heterocycles. The maximum atomic E-state index is 11.4. The van der Waals surface area contributed by atoms with Crippen molar-refractivity contribution in [2.75, 3.05) is 11.5 Å². The van der Waals surface area contributed by atoms with E-state index < -0.39 is 9.84 Å². The van der Waals surface area contributed by atoms with Crippen LogP contribution in [0.2, 0.25) is 0 Å². The fourth-order valence-corrected chi connectivity index (χ4v) is 4.23. The summed E-state index contributed by atoms with van der Waals surface area (Å²) in [5, 5.41) is 3.42. The first-order chi connectivity index (χ1) is 8.87. The lowest BCUT2D eigenvalue weighted by Gasteiger charge is -2.19. The van der Waals surface area contributed by atoms with E-state index in [9.17, 15) is 8.42 Å². The maximum absolute atomic E-state index is 11.4. The molecular weight excluding hydrogens is 258 g/mol. The molecule has 4 heteroatoms. The summed E-state index contributed by atoms with van der Waals surface area (Å²) in [4.78, 5) is 0. The molecule has 1 heterocycles. The van der Waals surface area contributed by atoms with E-state index in [4.69, 9.17) is 0 Å². The van der Waals surface area contributed by atoms with Crippen molar-refractivity contribution in [1.29, 1.82) is 0 Å². The van der Waals surface area contributed by atoms with Crippen LogP contribution >= 0.6 is 0 Å². The minimum atomic E-state index is -2.80. The van der Waals surface area contributed by atoms with E-state index in [1.165, 1.54) is 11.1 Å². The summed E-state index contributed by atoms with van der Waals surface area (Å²) < 4.78 is 22.9. The van der Waals surface area contributed by atoms with Gasteiger partial charge in [-0.3, -0.25) is 0 Å². The Morgan fingerprint density at radius 2 is 1.68 bits per heavy atom. The van der Waals surface area contributed by atoms with Gasteiger partial charge >= 0.3 is 0 Å². The van der Waals surface area contributed by atoms with E-state index in [1.807, 2.05) is 0 Å². The van der Waals surface area contributed by atoms with Gasteiger partial charge in [0.1, 0.15) is 0 Å². The summed E-state index contributed by atoms with van der Waals surface area (Å²) in [5.74, 6) is 1.14. The zero-order valence-corrected chi connectivity index (χ0v) is 12.7. The quantitative estimate of drug-likeness (QED) is 0.923. The molecule has 0 spiro atoms. The van der Waals surface area contributed by atoms with Crippen LogP contribution in [0.1, 0.15) is 50.3 Å². The molecular formula is C15H23NO2S. The highest BCUT2D eigenvalue weighted by Crippen LogP contribution is 2.21. The first kappa shape index (κ1) is 14.5. The van der Waals surface area contributed by atoms with Gasteiger partial charge in [0.2, 0.25) is 0 Å². The van der Waals surface area contributed by atoms with Gasteiger partial charge in [-0.05, 0) is 30.4 Å². The number of benzene rings is 1. The highest BCUT2D eigenvalue weighted by molar-refractivity contribution is 7.91. The van der Waals surface area contributed by atoms with Crippen molar-refractivity contribution in [2.45, 2.75) is 45.2 Å². The topological polar surface area (TPSA) is 46.2 Å². The Labute approximate surface area is 116 Å². The predicted molar refractivity (Wildman–Crippen MR) is 79.1 cm³/mol. The molecule has 0 saturated carbocycles. The molecule has 106 valence electrons. The van der Waals surface area contributed by atoms with Crippen molar-refractivity contribution in [1.82, 2.24) is 5.32 Å². The van der Waals surface area contributed by atoms with Crippen LogP contribution in [0.4, 0.5) is 0 Å². The first-order valence-corrected chi connectivity index (χ1v) is 8.76. The first-order valence-electron chi connectivity index (χ1n) is 6.94. The Bertz CT molecular complexity index is 520. The minimum absolute atomic E-state index is 0.102. The number of hydrogen-bond acceptors (Lipinski definition) is 3. The number of sulfone groups is 1. The van der Waals surface area contributed by atoms with Crippen LogP contribution in [0.15, 0.2) is 24.3 Å². The van der Waals surface area contributed by atoms with Crippen LogP contribution < -0.4 is 5.32 Å². The van der Waals surface area contributed by atoms with Crippen LogP contribution in [0.3, 0.4) is 0 Å². The van der Waals surface area contributed by atoms with Gasteiger partial charge in [0, 0.05) is 12.1 Å². The Hall–Kier alpha value is -0.870. The molecule has 0 aliphatic carbocycles. The molecule has 1 fully saturated rings. The molecule has 1 aromatic carbocycles. The Morgan fingerprint density at radius 3 is 2.16 bits per heavy atom. The third-order valence-electron chi connectivity index (χ3n) is 3.82. The predicted octanol–water partition coefficient (Wildman–Crippen LogP) is 2.65. The van der Waals surface area contributed by atoms with Gasteiger partial charge in [-0.25, -0.2) is 8.42 Å². The third-order valence-corrected chi connectivity index (χ3v) is 5.59. The Balaban J connectivity index is 1.98. The molecule has 3 nitrogen and oxygen atoms in total. The van der Waals surface area contributed by atoms with Crippen molar-refractivity contribution >= 4 is 9.84 Å². The van der Waals surface area contributed by atoms with E-state index >= 15 is 0 Å². The highest BCUT2D eigenvalue weighted by Gasteiger charge is 2.28. The number of hydrogen-bond donors (Lipinski definition) is 1. The van der Waals surface area contributed by atoms with E-state index in [1.54, 1.807) is 0 Å². The standard InChI is InChI=1S/C15H23NO2S/c1-11(2)13-4-6-14(7-5-13)12(3)16-15-8-9-19(17,18)10-15/h4-7,11-12,15-16H,8-10H2,1-3H3. The van der Waals surface area contributed by atoms with Crippen LogP contribution in [0.5, 0.6) is 0 Å². The fraction of sp³-hybridized carbons (Fsp3) is 0.600. The van der Waals surface area contributed by atoms with Crippen molar-refractivity contribution in [2.24, 2.45) is 0 Å². The van der Waals surface area contributed by atoms with E-state index in [2.05, 4.69) is 50.4 Å². The summed E-state index contributed by atoms with van der Waals surface area (Å²) in [7, 11) is -2.80. The Morgan fingerprint density at radius 1 is 1.11 bits per heavy atom. The van der Waals surface area contributed by atoms with Gasteiger partial charge in [-0.1, -0.05) is 38.1 Å². The second-order valence-corrected chi connectivity index (χ2v) is 8.04. The monoisotopic (exact) mass is 281 g/mol. The van der Waals surface area contributed by atoms with Gasteiger partial charge in [0.05, 0.1) is 11.5 Å². The second-order valence-electron chi connectivity index (χ2n) is 5.81. The number of nitrogens with one attached hydrogen (secondary N) is 1.